The number of piperidine rings is 1. The number of nitrogens with zero attached hydrogens (tertiary/aromatic N) is 1. The standard InChI is InChI=1S/C15H23ClN2/c1-11(2)10-18-9-5-8-14(17)15(18)12-6-3-4-7-13(12)16/h3-4,6-7,11,14-15H,5,8-10,17H2,1-2H3. The molecule has 100 valence electrons. The van der Waals surface area contributed by atoms with E-state index >= 15 is 0 Å². The third-order valence-corrected chi connectivity index (χ3v) is 3.95. The van der Waals surface area contributed by atoms with E-state index in [1.807, 2.05) is 12.1 Å². The van der Waals surface area contributed by atoms with E-state index in [9.17, 15) is 0 Å². The summed E-state index contributed by atoms with van der Waals surface area (Å²) in [6.45, 7) is 6.72. The number of hydrogen-bond acceptors (Lipinski definition) is 2. The van der Waals surface area contributed by atoms with Crippen LogP contribution in [0.1, 0.15) is 38.3 Å². The maximum absolute atomic E-state index is 6.35. The molecule has 1 saturated heterocycles. The summed E-state index contributed by atoms with van der Waals surface area (Å²) in [6.07, 6.45) is 2.28. The molecule has 2 N–H and O–H groups in total. The number of hydrogen-bond donors (Lipinski definition) is 1. The second kappa shape index (κ2) is 6.05. The Kier molecular flexibility index (Phi) is 4.66. The second-order valence-corrected chi connectivity index (χ2v) is 6.07. The minimum absolute atomic E-state index is 0.192. The van der Waals surface area contributed by atoms with Crippen LogP contribution in [0, 0.1) is 5.92 Å². The molecule has 18 heavy (non-hydrogen) atoms. The van der Waals surface area contributed by atoms with Crippen molar-refractivity contribution in [3.05, 3.63) is 34.9 Å². The summed E-state index contributed by atoms with van der Waals surface area (Å²) in [7, 11) is 0. The van der Waals surface area contributed by atoms with Crippen LogP contribution in [0.3, 0.4) is 0 Å². The lowest BCUT2D eigenvalue weighted by atomic mass is 9.90. The Balaban J connectivity index is 2.27. The van der Waals surface area contributed by atoms with Crippen molar-refractivity contribution in [3.63, 3.8) is 0 Å². The van der Waals surface area contributed by atoms with E-state index in [-0.39, 0.29) is 12.1 Å². The maximum atomic E-state index is 6.35. The summed E-state index contributed by atoms with van der Waals surface area (Å²) in [4.78, 5) is 2.50. The predicted octanol–water partition coefficient (Wildman–Crippen LogP) is 3.46. The van der Waals surface area contributed by atoms with Crippen LogP contribution in [0.4, 0.5) is 0 Å². The van der Waals surface area contributed by atoms with E-state index in [4.69, 9.17) is 17.3 Å². The van der Waals surface area contributed by atoms with Gasteiger partial charge in [-0.1, -0.05) is 43.6 Å². The van der Waals surface area contributed by atoms with Gasteiger partial charge in [-0.05, 0) is 36.9 Å². The number of likely N-dealkylation sites (tertiary alicyclic amines) is 1. The molecular weight excluding hydrogens is 244 g/mol. The van der Waals surface area contributed by atoms with Gasteiger partial charge in [0.1, 0.15) is 0 Å². The van der Waals surface area contributed by atoms with Crippen molar-refractivity contribution in [2.45, 2.75) is 38.8 Å². The van der Waals surface area contributed by atoms with Crippen LogP contribution in [-0.4, -0.2) is 24.0 Å². The molecule has 2 atom stereocenters. The third-order valence-electron chi connectivity index (χ3n) is 3.61. The van der Waals surface area contributed by atoms with Crippen LogP contribution in [0.5, 0.6) is 0 Å². The first-order valence-electron chi connectivity index (χ1n) is 6.83. The van der Waals surface area contributed by atoms with Gasteiger partial charge in [-0.2, -0.15) is 0 Å². The van der Waals surface area contributed by atoms with E-state index < -0.39 is 0 Å². The first-order valence-corrected chi connectivity index (χ1v) is 7.21. The topological polar surface area (TPSA) is 29.3 Å². The number of halogens is 1. The monoisotopic (exact) mass is 266 g/mol. The summed E-state index contributed by atoms with van der Waals surface area (Å²) < 4.78 is 0. The maximum Gasteiger partial charge on any atom is 0.0514 e. The molecule has 2 unspecified atom stereocenters. The van der Waals surface area contributed by atoms with Crippen LogP contribution >= 0.6 is 11.6 Å². The third kappa shape index (κ3) is 3.05. The van der Waals surface area contributed by atoms with E-state index in [0.29, 0.717) is 5.92 Å². The van der Waals surface area contributed by atoms with Crippen molar-refractivity contribution < 1.29 is 0 Å². The Morgan fingerprint density at radius 2 is 2.11 bits per heavy atom. The number of benzene rings is 1. The summed E-state index contributed by atoms with van der Waals surface area (Å²) >= 11 is 6.34. The highest BCUT2D eigenvalue weighted by molar-refractivity contribution is 6.31. The van der Waals surface area contributed by atoms with Gasteiger partial charge in [-0.3, -0.25) is 4.90 Å². The zero-order chi connectivity index (χ0) is 13.1. The Morgan fingerprint density at radius 1 is 1.39 bits per heavy atom. The Morgan fingerprint density at radius 3 is 2.78 bits per heavy atom. The second-order valence-electron chi connectivity index (χ2n) is 5.66. The molecule has 1 fully saturated rings. The molecule has 0 amide bonds. The van der Waals surface area contributed by atoms with Crippen molar-refractivity contribution in [1.29, 1.82) is 0 Å². The lowest BCUT2D eigenvalue weighted by Crippen LogP contribution is -2.47. The van der Waals surface area contributed by atoms with Crippen LogP contribution in [0.15, 0.2) is 24.3 Å². The highest BCUT2D eigenvalue weighted by Crippen LogP contribution is 2.34. The molecule has 0 radical (unpaired) electrons. The Bertz CT molecular complexity index is 392. The van der Waals surface area contributed by atoms with Gasteiger partial charge >= 0.3 is 0 Å². The lowest BCUT2D eigenvalue weighted by molar-refractivity contribution is 0.114. The minimum atomic E-state index is 0.192. The van der Waals surface area contributed by atoms with Crippen LogP contribution < -0.4 is 5.73 Å². The average molecular weight is 267 g/mol. The highest BCUT2D eigenvalue weighted by atomic mass is 35.5. The molecule has 0 aliphatic carbocycles. The van der Waals surface area contributed by atoms with E-state index in [1.165, 1.54) is 12.0 Å². The number of nitrogens with two attached hydrogens (primary N) is 1. The molecule has 1 aliphatic rings. The zero-order valence-electron chi connectivity index (χ0n) is 11.3. The van der Waals surface area contributed by atoms with Gasteiger partial charge in [-0.25, -0.2) is 0 Å². The number of rotatable bonds is 3. The van der Waals surface area contributed by atoms with Gasteiger partial charge in [-0.15, -0.1) is 0 Å². The van der Waals surface area contributed by atoms with E-state index in [1.54, 1.807) is 0 Å². The molecule has 2 rings (SSSR count). The summed E-state index contributed by atoms with van der Waals surface area (Å²) in [5.74, 6) is 0.653. The fourth-order valence-electron chi connectivity index (χ4n) is 2.91. The highest BCUT2D eigenvalue weighted by Gasteiger charge is 2.31. The molecule has 0 bridgehead atoms. The lowest BCUT2D eigenvalue weighted by Gasteiger charge is -2.41. The van der Waals surface area contributed by atoms with Gasteiger partial charge in [0.2, 0.25) is 0 Å². The van der Waals surface area contributed by atoms with Crippen molar-refractivity contribution >= 4 is 11.6 Å². The normalized spacial score (nSPS) is 25.6. The van der Waals surface area contributed by atoms with E-state index in [2.05, 4.69) is 30.9 Å². The SMILES string of the molecule is CC(C)CN1CCCC(N)C1c1ccccc1Cl. The van der Waals surface area contributed by atoms with Crippen LogP contribution in [-0.2, 0) is 0 Å². The zero-order valence-corrected chi connectivity index (χ0v) is 12.0. The summed E-state index contributed by atoms with van der Waals surface area (Å²) in [5.41, 5.74) is 7.53. The smallest absolute Gasteiger partial charge is 0.0514 e. The van der Waals surface area contributed by atoms with Gasteiger partial charge in [0.05, 0.1) is 6.04 Å². The molecule has 0 spiro atoms. The van der Waals surface area contributed by atoms with Crippen LogP contribution in [0.2, 0.25) is 5.02 Å². The van der Waals surface area contributed by atoms with Gasteiger partial charge in [0.25, 0.3) is 0 Å². The van der Waals surface area contributed by atoms with Gasteiger partial charge in [0.15, 0.2) is 0 Å². The Hall–Kier alpha value is -0.570. The molecule has 0 saturated carbocycles. The summed E-state index contributed by atoms with van der Waals surface area (Å²) in [6, 6.07) is 8.58. The predicted molar refractivity (Wildman–Crippen MR) is 77.8 cm³/mol. The fourth-order valence-corrected chi connectivity index (χ4v) is 3.16. The van der Waals surface area contributed by atoms with Crippen LogP contribution in [0.25, 0.3) is 0 Å². The molecule has 1 aromatic rings. The Labute approximate surface area is 115 Å². The first-order chi connectivity index (χ1) is 8.59. The van der Waals surface area contributed by atoms with Gasteiger partial charge < -0.3 is 5.73 Å². The minimum Gasteiger partial charge on any atom is -0.326 e. The molecule has 1 aliphatic heterocycles. The molecule has 0 aromatic heterocycles. The molecule has 3 heteroatoms. The molecular formula is C15H23ClN2. The van der Waals surface area contributed by atoms with Crippen molar-refractivity contribution in [2.24, 2.45) is 11.7 Å². The summed E-state index contributed by atoms with van der Waals surface area (Å²) in [5, 5.41) is 0.841. The molecule has 1 heterocycles. The fraction of sp³-hybridized carbons (Fsp3) is 0.600. The van der Waals surface area contributed by atoms with Crippen molar-refractivity contribution in [3.8, 4) is 0 Å². The quantitative estimate of drug-likeness (QED) is 0.908. The van der Waals surface area contributed by atoms with Crippen molar-refractivity contribution in [1.82, 2.24) is 4.90 Å². The first kappa shape index (κ1) is 13.9. The average Bonchev–Trinajstić information content (AvgIpc) is 2.30. The molecule has 2 nitrogen and oxygen atoms in total. The largest absolute Gasteiger partial charge is 0.326 e. The van der Waals surface area contributed by atoms with Gasteiger partial charge in [0, 0.05) is 17.6 Å². The van der Waals surface area contributed by atoms with Crippen molar-refractivity contribution in [2.75, 3.05) is 13.1 Å². The van der Waals surface area contributed by atoms with E-state index in [0.717, 1.165) is 24.5 Å². The molecule has 1 aromatic carbocycles.